The predicted molar refractivity (Wildman–Crippen MR) is 45.2 cm³/mol. The average molecular weight is 278 g/mol. The SMILES string of the molecule is CCC(OCC(=O)O)(C(=O)O)C(=O)O.[H-].[H-].[H-].[Na+].[Na+].[Na+]. The zero-order valence-electron chi connectivity index (χ0n) is 13.4. The first-order chi connectivity index (χ1) is 6.36. The van der Waals surface area contributed by atoms with Gasteiger partial charge in [-0.25, -0.2) is 14.4 Å². The minimum atomic E-state index is -2.47. The molecular weight excluding hydrogens is 265 g/mol. The predicted octanol–water partition coefficient (Wildman–Crippen LogP) is -9.24. The van der Waals surface area contributed by atoms with Crippen LogP contribution in [-0.2, 0) is 19.1 Å². The number of rotatable bonds is 6. The van der Waals surface area contributed by atoms with Crippen molar-refractivity contribution in [2.24, 2.45) is 0 Å². The van der Waals surface area contributed by atoms with Crippen molar-refractivity contribution >= 4 is 17.9 Å². The molecule has 0 aromatic carbocycles. The van der Waals surface area contributed by atoms with Gasteiger partial charge in [0.15, 0.2) is 0 Å². The van der Waals surface area contributed by atoms with Crippen LogP contribution in [-0.4, -0.2) is 45.4 Å². The molecule has 0 aromatic rings. The number of hydrogen-bond acceptors (Lipinski definition) is 4. The molecule has 0 rings (SSSR count). The maximum atomic E-state index is 10.6. The third-order valence-corrected chi connectivity index (χ3v) is 1.63. The molecule has 0 aromatic heterocycles. The third-order valence-electron chi connectivity index (χ3n) is 1.63. The summed E-state index contributed by atoms with van der Waals surface area (Å²) in [5.74, 6) is -4.85. The molecule has 0 heterocycles. The van der Waals surface area contributed by atoms with Crippen LogP contribution >= 0.6 is 0 Å². The van der Waals surface area contributed by atoms with Crippen LogP contribution in [0.25, 0.3) is 0 Å². The van der Waals surface area contributed by atoms with Crippen molar-refractivity contribution in [1.29, 1.82) is 0 Å². The summed E-state index contributed by atoms with van der Waals surface area (Å²) < 4.78 is 4.36. The van der Waals surface area contributed by atoms with Crippen molar-refractivity contribution < 1.29 is 127 Å². The molecule has 0 amide bonds. The number of carbonyl (C=O) groups is 3. The van der Waals surface area contributed by atoms with Crippen molar-refractivity contribution in [3.8, 4) is 0 Å². The summed E-state index contributed by atoms with van der Waals surface area (Å²) in [6, 6.07) is 0. The maximum Gasteiger partial charge on any atom is 1.00 e. The molecule has 0 unspecified atom stereocenters. The van der Waals surface area contributed by atoms with Gasteiger partial charge in [-0.1, -0.05) is 6.92 Å². The van der Waals surface area contributed by atoms with Crippen LogP contribution < -0.4 is 88.7 Å². The Bertz CT molecular complexity index is 266. The monoisotopic (exact) mass is 278 g/mol. The zero-order valence-corrected chi connectivity index (χ0v) is 16.4. The molecule has 0 radical (unpaired) electrons. The Hall–Kier alpha value is 1.37. The zero-order chi connectivity index (χ0) is 11.4. The van der Waals surface area contributed by atoms with Crippen LogP contribution in [0.4, 0.5) is 0 Å². The van der Waals surface area contributed by atoms with Gasteiger partial charge in [-0.3, -0.25) is 0 Å². The van der Waals surface area contributed by atoms with Crippen LogP contribution in [0.2, 0.25) is 0 Å². The molecule has 10 heteroatoms. The molecule has 0 saturated heterocycles. The number of ether oxygens (including phenoxy) is 1. The molecule has 86 valence electrons. The second-order valence-electron chi connectivity index (χ2n) is 2.47. The van der Waals surface area contributed by atoms with Gasteiger partial charge in [0.2, 0.25) is 0 Å². The smallest absolute Gasteiger partial charge is 1.00 e. The Morgan fingerprint density at radius 1 is 1.06 bits per heavy atom. The van der Waals surface area contributed by atoms with E-state index in [-0.39, 0.29) is 99.4 Å². The van der Waals surface area contributed by atoms with E-state index >= 15 is 0 Å². The molecule has 3 N–H and O–H groups in total. The summed E-state index contributed by atoms with van der Waals surface area (Å²) in [4.78, 5) is 31.3. The first kappa shape index (κ1) is 26.8. The topological polar surface area (TPSA) is 121 Å². The Morgan fingerprint density at radius 2 is 1.41 bits per heavy atom. The van der Waals surface area contributed by atoms with Gasteiger partial charge in [-0.05, 0) is 6.42 Å². The van der Waals surface area contributed by atoms with Gasteiger partial charge in [-0.2, -0.15) is 0 Å². The van der Waals surface area contributed by atoms with Crippen LogP contribution in [0, 0.1) is 0 Å². The van der Waals surface area contributed by atoms with Crippen molar-refractivity contribution in [3.63, 3.8) is 0 Å². The molecule has 0 spiro atoms. The molecule has 0 saturated carbocycles. The molecule has 0 aliphatic heterocycles. The van der Waals surface area contributed by atoms with E-state index < -0.39 is 30.1 Å². The summed E-state index contributed by atoms with van der Waals surface area (Å²) >= 11 is 0. The van der Waals surface area contributed by atoms with Crippen molar-refractivity contribution in [1.82, 2.24) is 0 Å². The van der Waals surface area contributed by atoms with Crippen LogP contribution in [0.3, 0.4) is 0 Å². The van der Waals surface area contributed by atoms with E-state index in [9.17, 15) is 14.4 Å². The second kappa shape index (κ2) is 12.4. The molecule has 0 fully saturated rings. The molecular formula is C7H13Na3O7. The van der Waals surface area contributed by atoms with Crippen LogP contribution in [0.15, 0.2) is 0 Å². The fraction of sp³-hybridized carbons (Fsp3) is 0.571. The van der Waals surface area contributed by atoms with E-state index in [0.29, 0.717) is 0 Å². The number of aliphatic carboxylic acids is 3. The normalized spacial score (nSPS) is 9.00. The van der Waals surface area contributed by atoms with E-state index in [4.69, 9.17) is 15.3 Å². The number of hydrogen-bond donors (Lipinski definition) is 3. The van der Waals surface area contributed by atoms with Gasteiger partial charge in [0.05, 0.1) is 0 Å². The van der Waals surface area contributed by atoms with E-state index in [1.807, 2.05) is 0 Å². The summed E-state index contributed by atoms with van der Waals surface area (Å²) in [5, 5.41) is 25.4. The van der Waals surface area contributed by atoms with E-state index in [1.165, 1.54) is 6.92 Å². The summed E-state index contributed by atoms with van der Waals surface area (Å²) in [6.07, 6.45) is -0.356. The van der Waals surface area contributed by atoms with E-state index in [0.717, 1.165) is 0 Å². The standard InChI is InChI=1S/C7H10O7.3Na.3H/c1-2-7(5(10)11,6(12)13)14-3-4(8)9;;;;;;/h2-3H2,1H3,(H,8,9)(H,10,11)(H,12,13);;;;;;/q;3*+1;3*-1. The quantitative estimate of drug-likeness (QED) is 0.326. The largest absolute Gasteiger partial charge is 1.00 e. The minimum Gasteiger partial charge on any atom is -1.00 e. The van der Waals surface area contributed by atoms with E-state index in [2.05, 4.69) is 4.74 Å². The number of carboxylic acid groups (broad SMARTS) is 3. The van der Waals surface area contributed by atoms with Crippen LogP contribution in [0.5, 0.6) is 0 Å². The van der Waals surface area contributed by atoms with Crippen molar-refractivity contribution in [3.05, 3.63) is 0 Å². The van der Waals surface area contributed by atoms with E-state index in [1.54, 1.807) is 0 Å². The van der Waals surface area contributed by atoms with Gasteiger partial charge in [0, 0.05) is 0 Å². The first-order valence-electron chi connectivity index (χ1n) is 3.69. The maximum absolute atomic E-state index is 10.6. The molecule has 0 aliphatic rings. The number of carboxylic acids is 3. The van der Waals surface area contributed by atoms with Crippen molar-refractivity contribution in [2.45, 2.75) is 18.9 Å². The van der Waals surface area contributed by atoms with Gasteiger partial charge >= 0.3 is 107 Å². The van der Waals surface area contributed by atoms with Gasteiger partial charge in [0.1, 0.15) is 6.61 Å². The third kappa shape index (κ3) is 8.20. The second-order valence-corrected chi connectivity index (χ2v) is 2.47. The average Bonchev–Trinajstić information content (AvgIpc) is 2.04. The van der Waals surface area contributed by atoms with Gasteiger partial charge < -0.3 is 24.3 Å². The van der Waals surface area contributed by atoms with Gasteiger partial charge in [-0.15, -0.1) is 0 Å². The Morgan fingerprint density at radius 3 is 1.59 bits per heavy atom. The first-order valence-corrected chi connectivity index (χ1v) is 3.69. The summed E-state index contributed by atoms with van der Waals surface area (Å²) in [6.45, 7) is 0.316. The Labute approximate surface area is 169 Å². The van der Waals surface area contributed by atoms with Crippen LogP contribution in [0.1, 0.15) is 17.6 Å². The molecule has 17 heavy (non-hydrogen) atoms. The molecule has 0 aliphatic carbocycles. The van der Waals surface area contributed by atoms with Crippen molar-refractivity contribution in [2.75, 3.05) is 6.61 Å². The molecule has 7 nitrogen and oxygen atoms in total. The Kier molecular flexibility index (Phi) is 19.6. The Balaban J connectivity index is -0.0000000563. The fourth-order valence-corrected chi connectivity index (χ4v) is 0.804. The summed E-state index contributed by atoms with van der Waals surface area (Å²) in [5.41, 5.74) is -2.47. The molecule has 0 atom stereocenters. The summed E-state index contributed by atoms with van der Waals surface area (Å²) in [7, 11) is 0. The fourth-order valence-electron chi connectivity index (χ4n) is 0.804. The molecule has 0 bridgehead atoms. The van der Waals surface area contributed by atoms with Gasteiger partial charge in [0.25, 0.3) is 5.60 Å². The minimum absolute atomic E-state index is 0.